The van der Waals surface area contributed by atoms with E-state index in [1.54, 1.807) is 0 Å². The first-order valence-electron chi connectivity index (χ1n) is 7.24. The van der Waals surface area contributed by atoms with E-state index in [1.807, 2.05) is 6.92 Å². The van der Waals surface area contributed by atoms with E-state index in [0.717, 1.165) is 24.4 Å². The molecule has 0 spiro atoms. The molecule has 1 aromatic rings. The number of nitrogens with two attached hydrogens (primary N) is 1. The quantitative estimate of drug-likeness (QED) is 0.875. The molecule has 3 heterocycles. The van der Waals surface area contributed by atoms with Crippen molar-refractivity contribution in [3.05, 3.63) is 23.7 Å². The Hall–Kier alpha value is -0.800. The second kappa shape index (κ2) is 4.71. The van der Waals surface area contributed by atoms with Crippen LogP contribution in [0.3, 0.4) is 0 Å². The lowest BCUT2D eigenvalue weighted by Gasteiger charge is -2.50. The molecule has 0 amide bonds. The van der Waals surface area contributed by atoms with Crippen LogP contribution in [0.4, 0.5) is 0 Å². The Morgan fingerprint density at radius 1 is 1.28 bits per heavy atom. The molecule has 2 saturated heterocycles. The highest BCUT2D eigenvalue weighted by Crippen LogP contribution is 2.39. The fourth-order valence-corrected chi connectivity index (χ4v) is 3.92. The maximum Gasteiger partial charge on any atom is 0.121 e. The van der Waals surface area contributed by atoms with Gasteiger partial charge in [0.25, 0.3) is 0 Å². The Balaban J connectivity index is 1.82. The first-order valence-corrected chi connectivity index (χ1v) is 7.24. The van der Waals surface area contributed by atoms with Crippen molar-refractivity contribution in [2.24, 2.45) is 5.73 Å². The molecule has 3 nitrogen and oxygen atoms in total. The van der Waals surface area contributed by atoms with E-state index in [-0.39, 0.29) is 0 Å². The summed E-state index contributed by atoms with van der Waals surface area (Å²) < 4.78 is 5.82. The van der Waals surface area contributed by atoms with E-state index >= 15 is 0 Å². The number of piperidine rings is 2. The third-order valence-corrected chi connectivity index (χ3v) is 4.69. The Bertz CT molecular complexity index is 400. The molecule has 3 heteroatoms. The third-order valence-electron chi connectivity index (χ3n) is 4.69. The minimum atomic E-state index is 0.390. The van der Waals surface area contributed by atoms with E-state index in [4.69, 9.17) is 10.2 Å². The molecule has 18 heavy (non-hydrogen) atoms. The van der Waals surface area contributed by atoms with Gasteiger partial charge >= 0.3 is 0 Å². The molecule has 0 aromatic carbocycles. The standard InChI is InChI=1S/C15H24N2O/c1-10-6-7-15(18-10)11(2)17-13-4-3-5-14(17)9-12(16)8-13/h6-7,11-14H,3-5,8-9,16H2,1-2H3. The second-order valence-electron chi connectivity index (χ2n) is 6.04. The van der Waals surface area contributed by atoms with Gasteiger partial charge in [-0.3, -0.25) is 4.90 Å². The van der Waals surface area contributed by atoms with Gasteiger partial charge in [0.1, 0.15) is 11.5 Å². The largest absolute Gasteiger partial charge is 0.465 e. The van der Waals surface area contributed by atoms with Crippen LogP contribution < -0.4 is 5.73 Å². The van der Waals surface area contributed by atoms with Crippen LogP contribution in [0.5, 0.6) is 0 Å². The molecule has 2 fully saturated rings. The van der Waals surface area contributed by atoms with Crippen LogP contribution in [0.1, 0.15) is 56.6 Å². The number of hydrogen-bond donors (Lipinski definition) is 1. The molecular formula is C15H24N2O. The van der Waals surface area contributed by atoms with Crippen LogP contribution in [0.25, 0.3) is 0 Å². The summed E-state index contributed by atoms with van der Waals surface area (Å²) in [6.45, 7) is 4.30. The van der Waals surface area contributed by atoms with Crippen LogP contribution in [0.15, 0.2) is 16.5 Å². The van der Waals surface area contributed by atoms with Crippen molar-refractivity contribution in [1.82, 2.24) is 4.90 Å². The first kappa shape index (κ1) is 12.2. The van der Waals surface area contributed by atoms with Crippen molar-refractivity contribution in [1.29, 1.82) is 0 Å². The summed E-state index contributed by atoms with van der Waals surface area (Å²) >= 11 is 0. The van der Waals surface area contributed by atoms with Gasteiger partial charge in [-0.2, -0.15) is 0 Å². The van der Waals surface area contributed by atoms with Crippen molar-refractivity contribution in [2.45, 2.75) is 70.1 Å². The van der Waals surface area contributed by atoms with Crippen molar-refractivity contribution < 1.29 is 4.42 Å². The predicted octanol–water partition coefficient (Wildman–Crippen LogP) is 2.99. The molecule has 2 aliphatic heterocycles. The van der Waals surface area contributed by atoms with Gasteiger partial charge in [-0.25, -0.2) is 0 Å². The van der Waals surface area contributed by atoms with Gasteiger partial charge in [-0.15, -0.1) is 0 Å². The number of hydrogen-bond acceptors (Lipinski definition) is 3. The van der Waals surface area contributed by atoms with Crippen molar-refractivity contribution in [3.8, 4) is 0 Å². The van der Waals surface area contributed by atoms with Gasteiger partial charge in [0, 0.05) is 18.1 Å². The van der Waals surface area contributed by atoms with Gasteiger partial charge in [-0.1, -0.05) is 6.42 Å². The maximum absolute atomic E-state index is 6.18. The third kappa shape index (κ3) is 2.10. The number of fused-ring (bicyclic) bond motifs is 2. The molecule has 0 aliphatic carbocycles. The monoisotopic (exact) mass is 248 g/mol. The zero-order valence-corrected chi connectivity index (χ0v) is 11.4. The van der Waals surface area contributed by atoms with E-state index in [9.17, 15) is 0 Å². The van der Waals surface area contributed by atoms with Gasteiger partial charge in [0.05, 0.1) is 6.04 Å². The lowest BCUT2D eigenvalue weighted by molar-refractivity contribution is -0.00715. The zero-order valence-electron chi connectivity index (χ0n) is 11.4. The smallest absolute Gasteiger partial charge is 0.121 e. The predicted molar refractivity (Wildman–Crippen MR) is 72.3 cm³/mol. The summed E-state index contributed by atoms with van der Waals surface area (Å²) in [5.74, 6) is 2.12. The van der Waals surface area contributed by atoms with E-state index in [0.29, 0.717) is 24.2 Å². The molecule has 3 rings (SSSR count). The van der Waals surface area contributed by atoms with Crippen LogP contribution in [0, 0.1) is 6.92 Å². The Morgan fingerprint density at radius 2 is 1.94 bits per heavy atom. The topological polar surface area (TPSA) is 42.4 Å². The molecule has 2 aliphatic rings. The molecule has 2 bridgehead atoms. The summed E-state index contributed by atoms with van der Waals surface area (Å²) in [5, 5.41) is 0. The summed E-state index contributed by atoms with van der Waals surface area (Å²) in [5.41, 5.74) is 6.18. The average Bonchev–Trinajstić information content (AvgIpc) is 2.74. The van der Waals surface area contributed by atoms with E-state index < -0.39 is 0 Å². The minimum Gasteiger partial charge on any atom is -0.465 e. The fraction of sp³-hybridized carbons (Fsp3) is 0.733. The van der Waals surface area contributed by atoms with Gasteiger partial charge in [-0.05, 0) is 51.7 Å². The summed E-state index contributed by atoms with van der Waals surface area (Å²) in [6.07, 6.45) is 6.27. The molecule has 0 saturated carbocycles. The van der Waals surface area contributed by atoms with Crippen LogP contribution in [0.2, 0.25) is 0 Å². The maximum atomic E-state index is 6.18. The molecular weight excluding hydrogens is 224 g/mol. The molecule has 1 aromatic heterocycles. The molecule has 3 unspecified atom stereocenters. The summed E-state index contributed by atoms with van der Waals surface area (Å²) in [7, 11) is 0. The highest BCUT2D eigenvalue weighted by atomic mass is 16.3. The molecule has 100 valence electrons. The lowest BCUT2D eigenvalue weighted by Crippen LogP contribution is -2.55. The number of aryl methyl sites for hydroxylation is 1. The van der Waals surface area contributed by atoms with Gasteiger partial charge < -0.3 is 10.2 Å². The zero-order chi connectivity index (χ0) is 12.7. The lowest BCUT2D eigenvalue weighted by atomic mass is 9.81. The SMILES string of the molecule is Cc1ccc(C(C)N2C3CCCC2CC(N)C3)o1. The highest BCUT2D eigenvalue weighted by Gasteiger charge is 2.40. The van der Waals surface area contributed by atoms with Gasteiger partial charge in [0.2, 0.25) is 0 Å². The number of rotatable bonds is 2. The molecule has 2 N–H and O–H groups in total. The Kier molecular flexibility index (Phi) is 3.20. The minimum absolute atomic E-state index is 0.390. The number of nitrogens with zero attached hydrogens (tertiary/aromatic N) is 1. The summed E-state index contributed by atoms with van der Waals surface area (Å²) in [4.78, 5) is 2.67. The van der Waals surface area contributed by atoms with Crippen molar-refractivity contribution in [3.63, 3.8) is 0 Å². The Morgan fingerprint density at radius 3 is 2.50 bits per heavy atom. The summed E-state index contributed by atoms with van der Waals surface area (Å²) in [6, 6.07) is 6.31. The van der Waals surface area contributed by atoms with Crippen LogP contribution in [-0.2, 0) is 0 Å². The Labute approximate surface area is 109 Å². The van der Waals surface area contributed by atoms with Crippen molar-refractivity contribution >= 4 is 0 Å². The number of furan rings is 1. The average molecular weight is 248 g/mol. The second-order valence-corrected chi connectivity index (χ2v) is 6.04. The highest BCUT2D eigenvalue weighted by molar-refractivity contribution is 5.11. The van der Waals surface area contributed by atoms with Crippen molar-refractivity contribution in [2.75, 3.05) is 0 Å². The van der Waals surface area contributed by atoms with Gasteiger partial charge in [0.15, 0.2) is 0 Å². The molecule has 3 atom stereocenters. The van der Waals surface area contributed by atoms with E-state index in [1.165, 1.54) is 19.3 Å². The van der Waals surface area contributed by atoms with E-state index in [2.05, 4.69) is 24.0 Å². The van der Waals surface area contributed by atoms with Crippen LogP contribution in [-0.4, -0.2) is 23.0 Å². The normalized spacial score (nSPS) is 34.5. The van der Waals surface area contributed by atoms with Crippen LogP contribution >= 0.6 is 0 Å². The fourth-order valence-electron chi connectivity index (χ4n) is 3.92. The molecule has 0 radical (unpaired) electrons. The first-order chi connectivity index (χ1) is 8.65.